The van der Waals surface area contributed by atoms with Crippen LogP contribution in [0.25, 0.3) is 28.2 Å². The number of nitrogens with zero attached hydrogens (tertiary/aromatic N) is 3. The summed E-state index contributed by atoms with van der Waals surface area (Å²) in [4.78, 5) is 24.7. The maximum Gasteiger partial charge on any atom is 0.257 e. The SMILES string of the molecule is C\C(O)=C/C=C\C=C\c1c[nH]c2ncc(-c3ccc(O)c(C(=O)N4CCN(CCO)CC4)c3)cc12. The molecule has 182 valence electrons. The molecule has 0 bridgehead atoms. The van der Waals surface area contributed by atoms with Crippen LogP contribution in [0.2, 0.25) is 0 Å². The maximum atomic E-state index is 13.1. The highest BCUT2D eigenvalue weighted by molar-refractivity contribution is 5.98. The Kier molecular flexibility index (Phi) is 7.64. The number of carbonyl (C=O) groups excluding carboxylic acids is 1. The molecule has 35 heavy (non-hydrogen) atoms. The molecule has 0 atom stereocenters. The number of piperazine rings is 1. The van der Waals surface area contributed by atoms with Gasteiger partial charge in [-0.3, -0.25) is 9.69 Å². The molecule has 4 N–H and O–H groups in total. The third-order valence-corrected chi connectivity index (χ3v) is 6.03. The predicted octanol–water partition coefficient (Wildman–Crippen LogP) is 3.72. The first-order valence-electron chi connectivity index (χ1n) is 11.6. The van der Waals surface area contributed by atoms with Crippen LogP contribution < -0.4 is 0 Å². The van der Waals surface area contributed by atoms with Gasteiger partial charge in [-0.1, -0.05) is 30.4 Å². The van der Waals surface area contributed by atoms with Crippen LogP contribution in [0.1, 0.15) is 22.8 Å². The molecule has 0 spiro atoms. The highest BCUT2D eigenvalue weighted by Crippen LogP contribution is 2.30. The van der Waals surface area contributed by atoms with Crippen molar-refractivity contribution in [3.63, 3.8) is 0 Å². The molecule has 3 aromatic rings. The molecule has 8 heteroatoms. The van der Waals surface area contributed by atoms with Gasteiger partial charge in [-0.05, 0) is 36.8 Å². The van der Waals surface area contributed by atoms with Crippen LogP contribution in [0, 0.1) is 0 Å². The van der Waals surface area contributed by atoms with Gasteiger partial charge in [0.05, 0.1) is 17.9 Å². The van der Waals surface area contributed by atoms with E-state index in [2.05, 4.69) is 14.9 Å². The second kappa shape index (κ2) is 11.0. The van der Waals surface area contributed by atoms with Gasteiger partial charge in [0.15, 0.2) is 0 Å². The van der Waals surface area contributed by atoms with Crippen molar-refractivity contribution >= 4 is 23.0 Å². The summed E-state index contributed by atoms with van der Waals surface area (Å²) >= 11 is 0. The van der Waals surface area contributed by atoms with E-state index in [4.69, 9.17) is 5.11 Å². The van der Waals surface area contributed by atoms with Crippen LogP contribution in [-0.2, 0) is 0 Å². The Morgan fingerprint density at radius 3 is 2.66 bits per heavy atom. The number of aromatic hydroxyl groups is 1. The number of aliphatic hydroxyl groups is 2. The monoisotopic (exact) mass is 474 g/mol. The molecule has 1 aromatic carbocycles. The van der Waals surface area contributed by atoms with Crippen LogP contribution in [0.5, 0.6) is 5.75 Å². The van der Waals surface area contributed by atoms with Crippen LogP contribution >= 0.6 is 0 Å². The topological polar surface area (TPSA) is 113 Å². The number of fused-ring (bicyclic) bond motifs is 1. The molecule has 0 unspecified atom stereocenters. The minimum atomic E-state index is -0.203. The molecule has 4 rings (SSSR count). The second-order valence-corrected chi connectivity index (χ2v) is 8.51. The quantitative estimate of drug-likeness (QED) is 0.307. The number of H-pyrrole nitrogens is 1. The third-order valence-electron chi connectivity index (χ3n) is 6.03. The van der Waals surface area contributed by atoms with E-state index in [1.54, 1.807) is 48.4 Å². The Morgan fingerprint density at radius 2 is 1.91 bits per heavy atom. The van der Waals surface area contributed by atoms with Gasteiger partial charge in [0.1, 0.15) is 11.4 Å². The zero-order valence-electron chi connectivity index (χ0n) is 19.7. The molecule has 0 saturated carbocycles. The van der Waals surface area contributed by atoms with Gasteiger partial charge in [-0.2, -0.15) is 0 Å². The van der Waals surface area contributed by atoms with Crippen molar-refractivity contribution in [3.05, 3.63) is 77.8 Å². The van der Waals surface area contributed by atoms with Crippen LogP contribution in [0.4, 0.5) is 0 Å². The molecule has 1 fully saturated rings. The average molecular weight is 475 g/mol. The molecule has 0 radical (unpaired) electrons. The number of hydrogen-bond acceptors (Lipinski definition) is 6. The number of amides is 1. The fraction of sp³-hybridized carbons (Fsp3) is 0.259. The van der Waals surface area contributed by atoms with Crippen molar-refractivity contribution in [2.24, 2.45) is 0 Å². The molecule has 2 aromatic heterocycles. The molecular formula is C27H30N4O4. The number of aromatic amines is 1. The van der Waals surface area contributed by atoms with E-state index in [1.165, 1.54) is 0 Å². The highest BCUT2D eigenvalue weighted by atomic mass is 16.3. The molecule has 8 nitrogen and oxygen atoms in total. The Labute approximate surface area is 204 Å². The fourth-order valence-electron chi connectivity index (χ4n) is 4.11. The van der Waals surface area contributed by atoms with E-state index in [-0.39, 0.29) is 29.6 Å². The zero-order chi connectivity index (χ0) is 24.8. The normalized spacial score (nSPS) is 15.6. The van der Waals surface area contributed by atoms with Gasteiger partial charge in [0.2, 0.25) is 0 Å². The first kappa shape index (κ1) is 24.3. The minimum Gasteiger partial charge on any atom is -0.513 e. The summed E-state index contributed by atoms with van der Waals surface area (Å²) in [6, 6.07) is 7.06. The highest BCUT2D eigenvalue weighted by Gasteiger charge is 2.24. The van der Waals surface area contributed by atoms with Crippen LogP contribution in [-0.4, -0.2) is 80.3 Å². The number of benzene rings is 1. The summed E-state index contributed by atoms with van der Waals surface area (Å²) < 4.78 is 0. The van der Waals surface area contributed by atoms with Gasteiger partial charge in [-0.15, -0.1) is 0 Å². The van der Waals surface area contributed by atoms with E-state index in [1.807, 2.05) is 30.5 Å². The van der Waals surface area contributed by atoms with E-state index >= 15 is 0 Å². The predicted molar refractivity (Wildman–Crippen MR) is 137 cm³/mol. The van der Waals surface area contributed by atoms with Gasteiger partial charge < -0.3 is 25.2 Å². The van der Waals surface area contributed by atoms with E-state index in [0.29, 0.717) is 32.7 Å². The Bertz CT molecular complexity index is 1280. The smallest absolute Gasteiger partial charge is 0.257 e. The average Bonchev–Trinajstić information content (AvgIpc) is 3.26. The number of aromatic nitrogens is 2. The van der Waals surface area contributed by atoms with Gasteiger partial charge in [-0.25, -0.2) is 4.98 Å². The van der Waals surface area contributed by atoms with Crippen LogP contribution in [0.15, 0.2) is 66.7 Å². The zero-order valence-corrected chi connectivity index (χ0v) is 19.7. The number of pyridine rings is 1. The lowest BCUT2D eigenvalue weighted by Crippen LogP contribution is -2.49. The van der Waals surface area contributed by atoms with Crippen molar-refractivity contribution < 1.29 is 20.1 Å². The molecule has 0 aliphatic carbocycles. The third kappa shape index (κ3) is 5.79. The number of β-amino-alcohol motifs (C(OH)–C–C–N with tert-alkyl or cyclic N) is 1. The molecule has 1 amide bonds. The van der Waals surface area contributed by atoms with Gasteiger partial charge in [0.25, 0.3) is 5.91 Å². The minimum absolute atomic E-state index is 0.0465. The summed E-state index contributed by atoms with van der Waals surface area (Å²) in [6.07, 6.45) is 12.6. The molecule has 1 saturated heterocycles. The van der Waals surface area contributed by atoms with Crippen LogP contribution in [0.3, 0.4) is 0 Å². The van der Waals surface area contributed by atoms with Crippen molar-refractivity contribution in [2.45, 2.75) is 6.92 Å². The Morgan fingerprint density at radius 1 is 1.11 bits per heavy atom. The number of allylic oxidation sites excluding steroid dienone is 5. The second-order valence-electron chi connectivity index (χ2n) is 8.51. The van der Waals surface area contributed by atoms with Crippen molar-refractivity contribution in [2.75, 3.05) is 39.3 Å². The number of phenols is 1. The summed E-state index contributed by atoms with van der Waals surface area (Å²) in [5.41, 5.74) is 3.60. The van der Waals surface area contributed by atoms with Crippen molar-refractivity contribution in [1.29, 1.82) is 0 Å². The Hall–Kier alpha value is -3.88. The number of nitrogens with one attached hydrogen (secondary N) is 1. The molecular weight excluding hydrogens is 444 g/mol. The standard InChI is InChI=1S/C27H30N4O4/c1-19(33)5-3-2-4-6-21-17-28-26-23(21)16-22(18-29-26)20-7-8-25(34)24(15-20)27(35)31-11-9-30(10-12-31)13-14-32/h2-8,15-18,32-34H,9-14H2,1H3,(H,28,29)/b3-2-,6-4+,19-5+. The summed E-state index contributed by atoms with van der Waals surface area (Å²) in [7, 11) is 0. The van der Waals surface area contributed by atoms with Gasteiger partial charge in [0, 0.05) is 61.6 Å². The lowest BCUT2D eigenvalue weighted by molar-refractivity contribution is 0.0612. The lowest BCUT2D eigenvalue weighted by atomic mass is 10.0. The maximum absolute atomic E-state index is 13.1. The van der Waals surface area contributed by atoms with E-state index < -0.39 is 0 Å². The van der Waals surface area contributed by atoms with Crippen molar-refractivity contribution in [3.8, 4) is 16.9 Å². The number of carbonyl (C=O) groups is 1. The largest absolute Gasteiger partial charge is 0.513 e. The molecule has 3 heterocycles. The fourth-order valence-corrected chi connectivity index (χ4v) is 4.11. The lowest BCUT2D eigenvalue weighted by Gasteiger charge is -2.34. The first-order valence-corrected chi connectivity index (χ1v) is 11.6. The number of rotatable bonds is 7. The van der Waals surface area contributed by atoms with E-state index in [9.17, 15) is 15.0 Å². The number of phenolic OH excluding ortho intramolecular Hbond substituents is 1. The van der Waals surface area contributed by atoms with Crippen molar-refractivity contribution in [1.82, 2.24) is 19.8 Å². The van der Waals surface area contributed by atoms with E-state index in [0.717, 1.165) is 27.7 Å². The number of aliphatic hydroxyl groups excluding tert-OH is 2. The summed E-state index contributed by atoms with van der Waals surface area (Å²) in [6.45, 7) is 4.82. The number of hydrogen-bond donors (Lipinski definition) is 4. The molecule has 1 aliphatic rings. The van der Waals surface area contributed by atoms with Gasteiger partial charge >= 0.3 is 0 Å². The summed E-state index contributed by atoms with van der Waals surface area (Å²) in [5.74, 6) is -0.00709. The first-order chi connectivity index (χ1) is 17.0. The Balaban J connectivity index is 1.57. The summed E-state index contributed by atoms with van der Waals surface area (Å²) in [5, 5.41) is 29.7. The molecule has 1 aliphatic heterocycles.